The van der Waals surface area contributed by atoms with Crippen LogP contribution in [0.5, 0.6) is 0 Å². The van der Waals surface area contributed by atoms with Crippen LogP contribution in [0.25, 0.3) is 0 Å². The molecule has 5 heteroatoms. The Morgan fingerprint density at radius 1 is 0.846 bits per heavy atom. The molecule has 3 rings (SSSR count). The Balaban J connectivity index is 2.28. The SMILES string of the molecule is COC(=O)c1ccc(C(=O)[O-])cc1P(c1ccccc1)c1ccccc1. The van der Waals surface area contributed by atoms with E-state index in [1.54, 1.807) is 0 Å². The lowest BCUT2D eigenvalue weighted by molar-refractivity contribution is -0.255. The lowest BCUT2D eigenvalue weighted by Crippen LogP contribution is -2.29. The highest BCUT2D eigenvalue weighted by Gasteiger charge is 2.23. The summed E-state index contributed by atoms with van der Waals surface area (Å²) < 4.78 is 4.91. The number of esters is 1. The molecule has 0 amide bonds. The molecule has 4 nitrogen and oxygen atoms in total. The number of rotatable bonds is 5. The number of benzene rings is 3. The number of carbonyl (C=O) groups excluding carboxylic acids is 2. The molecule has 0 unspecified atom stereocenters. The first-order chi connectivity index (χ1) is 12.6. The number of carboxylic acid groups (broad SMARTS) is 1. The number of carboxylic acids is 1. The van der Waals surface area contributed by atoms with Gasteiger partial charge in [-0.15, -0.1) is 0 Å². The summed E-state index contributed by atoms with van der Waals surface area (Å²) in [5.41, 5.74) is 0.392. The van der Waals surface area contributed by atoms with Gasteiger partial charge in [0, 0.05) is 5.30 Å². The Kier molecular flexibility index (Phi) is 5.45. The van der Waals surface area contributed by atoms with Gasteiger partial charge in [-0.1, -0.05) is 66.7 Å². The van der Waals surface area contributed by atoms with Gasteiger partial charge < -0.3 is 14.6 Å². The molecule has 0 saturated carbocycles. The minimum absolute atomic E-state index is 0.0343. The lowest BCUT2D eigenvalue weighted by atomic mass is 10.1. The number of hydrogen-bond acceptors (Lipinski definition) is 4. The van der Waals surface area contributed by atoms with Crippen LogP contribution < -0.4 is 21.0 Å². The summed E-state index contributed by atoms with van der Waals surface area (Å²) in [6.45, 7) is 0. The second kappa shape index (κ2) is 7.94. The molecule has 3 aromatic carbocycles. The molecule has 0 N–H and O–H groups in total. The van der Waals surface area contributed by atoms with Gasteiger partial charge >= 0.3 is 5.97 Å². The van der Waals surface area contributed by atoms with Crippen molar-refractivity contribution in [2.75, 3.05) is 7.11 Å². The zero-order valence-corrected chi connectivity index (χ0v) is 15.0. The summed E-state index contributed by atoms with van der Waals surface area (Å²) >= 11 is 0. The van der Waals surface area contributed by atoms with E-state index in [-0.39, 0.29) is 5.56 Å². The van der Waals surface area contributed by atoms with Gasteiger partial charge in [0.15, 0.2) is 0 Å². The van der Waals surface area contributed by atoms with Crippen molar-refractivity contribution in [2.45, 2.75) is 0 Å². The van der Waals surface area contributed by atoms with Gasteiger partial charge in [0.05, 0.1) is 18.6 Å². The highest BCUT2D eigenvalue weighted by atomic mass is 31.1. The van der Waals surface area contributed by atoms with Crippen molar-refractivity contribution in [3.63, 3.8) is 0 Å². The van der Waals surface area contributed by atoms with Gasteiger partial charge in [-0.2, -0.15) is 0 Å². The predicted molar refractivity (Wildman–Crippen MR) is 101 cm³/mol. The topological polar surface area (TPSA) is 66.4 Å². The summed E-state index contributed by atoms with van der Waals surface area (Å²) in [4.78, 5) is 23.7. The van der Waals surface area contributed by atoms with E-state index < -0.39 is 19.9 Å². The fraction of sp³-hybridized carbons (Fsp3) is 0.0476. The average Bonchev–Trinajstić information content (AvgIpc) is 2.69. The first-order valence-corrected chi connectivity index (χ1v) is 9.30. The fourth-order valence-electron chi connectivity index (χ4n) is 2.71. The van der Waals surface area contributed by atoms with E-state index in [1.165, 1.54) is 25.3 Å². The number of carbonyl (C=O) groups is 2. The maximum Gasteiger partial charge on any atom is 0.338 e. The van der Waals surface area contributed by atoms with Crippen molar-refractivity contribution in [1.82, 2.24) is 0 Å². The van der Waals surface area contributed by atoms with Gasteiger partial charge in [-0.25, -0.2) is 4.79 Å². The third-order valence-electron chi connectivity index (χ3n) is 3.91. The number of ether oxygens (including phenoxy) is 1. The van der Waals surface area contributed by atoms with Crippen LogP contribution in [0, 0.1) is 0 Å². The van der Waals surface area contributed by atoms with Crippen molar-refractivity contribution in [1.29, 1.82) is 0 Å². The second-order valence-corrected chi connectivity index (χ2v) is 7.70. The Labute approximate surface area is 152 Å². The molecule has 0 aliphatic carbocycles. The average molecular weight is 363 g/mol. The molecule has 0 aliphatic heterocycles. The second-order valence-electron chi connectivity index (χ2n) is 5.52. The third-order valence-corrected chi connectivity index (χ3v) is 6.39. The minimum Gasteiger partial charge on any atom is -0.545 e. The fourth-order valence-corrected chi connectivity index (χ4v) is 5.18. The van der Waals surface area contributed by atoms with Crippen LogP contribution in [-0.4, -0.2) is 19.0 Å². The first-order valence-electron chi connectivity index (χ1n) is 7.95. The summed E-state index contributed by atoms with van der Waals surface area (Å²) in [5, 5.41) is 14.0. The van der Waals surface area contributed by atoms with Crippen LogP contribution in [0.4, 0.5) is 0 Å². The molecule has 26 heavy (non-hydrogen) atoms. The summed E-state index contributed by atoms with van der Waals surface area (Å²) in [6.07, 6.45) is 0. The van der Waals surface area contributed by atoms with E-state index in [4.69, 9.17) is 4.74 Å². The minimum atomic E-state index is -1.28. The summed E-state index contributed by atoms with van der Waals surface area (Å²) in [7, 11) is 0.174. The van der Waals surface area contributed by atoms with E-state index >= 15 is 0 Å². The van der Waals surface area contributed by atoms with Crippen molar-refractivity contribution < 1.29 is 19.4 Å². The molecule has 0 bridgehead atoms. The molecule has 0 radical (unpaired) electrons. The third kappa shape index (κ3) is 3.66. The maximum absolute atomic E-state index is 12.3. The molecular formula is C21H16O4P-. The molecule has 0 spiro atoms. The first kappa shape index (κ1) is 17.8. The van der Waals surface area contributed by atoms with Crippen LogP contribution in [0.15, 0.2) is 78.9 Å². The lowest BCUT2D eigenvalue weighted by Gasteiger charge is -2.22. The standard InChI is InChI=1S/C21H17O4P/c1-25-21(24)18-13-12-15(20(22)23)14-19(18)26(16-8-4-2-5-9-16)17-10-6-3-7-11-17/h2-14H,1H3,(H,22,23)/p-1. The molecule has 0 atom stereocenters. The molecule has 130 valence electrons. The normalized spacial score (nSPS) is 10.5. The van der Waals surface area contributed by atoms with E-state index in [0.717, 1.165) is 10.6 Å². The molecule has 0 aliphatic rings. The van der Waals surface area contributed by atoms with E-state index in [9.17, 15) is 14.7 Å². The Morgan fingerprint density at radius 3 is 1.85 bits per heavy atom. The van der Waals surface area contributed by atoms with Gasteiger partial charge in [-0.05, 0) is 36.2 Å². The van der Waals surface area contributed by atoms with E-state index in [2.05, 4.69) is 0 Å². The van der Waals surface area contributed by atoms with Crippen molar-refractivity contribution >= 4 is 35.8 Å². The van der Waals surface area contributed by atoms with Crippen LogP contribution in [0.3, 0.4) is 0 Å². The predicted octanol–water partition coefficient (Wildman–Crippen LogP) is 1.59. The number of aromatic carboxylic acids is 1. The van der Waals surface area contributed by atoms with Crippen molar-refractivity contribution in [3.8, 4) is 0 Å². The molecule has 0 heterocycles. The molecule has 0 saturated heterocycles. The Bertz CT molecular complexity index is 884. The highest BCUT2D eigenvalue weighted by molar-refractivity contribution is 7.80. The molecule has 0 aromatic heterocycles. The van der Waals surface area contributed by atoms with Crippen LogP contribution in [-0.2, 0) is 4.74 Å². The molecular weight excluding hydrogens is 347 g/mol. The van der Waals surface area contributed by atoms with Gasteiger partial charge in [0.2, 0.25) is 0 Å². The zero-order valence-electron chi connectivity index (χ0n) is 14.1. The highest BCUT2D eigenvalue weighted by Crippen LogP contribution is 2.34. The monoisotopic (exact) mass is 363 g/mol. The quantitative estimate of drug-likeness (QED) is 0.510. The van der Waals surface area contributed by atoms with Crippen molar-refractivity contribution in [2.24, 2.45) is 0 Å². The summed E-state index contributed by atoms with van der Waals surface area (Å²) in [5.74, 6) is -1.78. The van der Waals surface area contributed by atoms with Gasteiger partial charge in [0.1, 0.15) is 0 Å². The maximum atomic E-state index is 12.3. The van der Waals surface area contributed by atoms with Crippen LogP contribution in [0.2, 0.25) is 0 Å². The largest absolute Gasteiger partial charge is 0.545 e. The van der Waals surface area contributed by atoms with E-state index in [0.29, 0.717) is 10.9 Å². The molecule has 3 aromatic rings. The van der Waals surface area contributed by atoms with Crippen molar-refractivity contribution in [3.05, 3.63) is 90.0 Å². The summed E-state index contributed by atoms with van der Waals surface area (Å²) in [6, 6.07) is 23.8. The van der Waals surface area contributed by atoms with Gasteiger partial charge in [-0.3, -0.25) is 0 Å². The van der Waals surface area contributed by atoms with Crippen LogP contribution in [0.1, 0.15) is 20.7 Å². The zero-order chi connectivity index (χ0) is 18.5. The number of methoxy groups -OCH3 is 1. The van der Waals surface area contributed by atoms with E-state index in [1.807, 2.05) is 60.7 Å². The van der Waals surface area contributed by atoms with Crippen LogP contribution >= 0.6 is 7.92 Å². The Hall–Kier alpha value is -2.97. The molecule has 0 fully saturated rings. The number of hydrogen-bond donors (Lipinski definition) is 0. The Morgan fingerprint density at radius 2 is 1.38 bits per heavy atom. The smallest absolute Gasteiger partial charge is 0.338 e. The van der Waals surface area contributed by atoms with Gasteiger partial charge in [0.25, 0.3) is 0 Å².